The molecule has 1 aromatic carbocycles. The molecule has 0 unspecified atom stereocenters. The molecule has 5 heteroatoms. The van der Waals surface area contributed by atoms with Gasteiger partial charge in [-0.25, -0.2) is 4.79 Å². The van der Waals surface area contributed by atoms with E-state index in [2.05, 4.69) is 6.92 Å². The zero-order chi connectivity index (χ0) is 15.6. The van der Waals surface area contributed by atoms with Crippen LogP contribution in [0.3, 0.4) is 0 Å². The highest BCUT2D eigenvalue weighted by atomic mass is 16.5. The van der Waals surface area contributed by atoms with Gasteiger partial charge >= 0.3 is 5.97 Å². The van der Waals surface area contributed by atoms with Crippen LogP contribution < -0.4 is 4.74 Å². The molecule has 0 bridgehead atoms. The fourth-order valence-corrected chi connectivity index (χ4v) is 2.34. The Morgan fingerprint density at radius 1 is 1.00 bits per heavy atom. The molecule has 3 rings (SSSR count). The maximum atomic E-state index is 12.0. The molecule has 5 nitrogen and oxygen atoms in total. The van der Waals surface area contributed by atoms with Crippen molar-refractivity contribution in [2.75, 3.05) is 39.6 Å². The van der Waals surface area contributed by atoms with E-state index in [1.807, 2.05) is 6.92 Å². The molecule has 0 spiro atoms. The highest BCUT2D eigenvalue weighted by Crippen LogP contribution is 2.28. The minimum Gasteiger partial charge on any atom is -0.493 e. The van der Waals surface area contributed by atoms with E-state index in [4.69, 9.17) is 18.9 Å². The Hall–Kier alpha value is -1.59. The maximum Gasteiger partial charge on any atom is 0.338 e. The maximum absolute atomic E-state index is 12.0. The van der Waals surface area contributed by atoms with Crippen molar-refractivity contribution in [3.63, 3.8) is 0 Å². The second-order valence-corrected chi connectivity index (χ2v) is 7.00. The number of hydrogen-bond acceptors (Lipinski definition) is 5. The summed E-state index contributed by atoms with van der Waals surface area (Å²) >= 11 is 0. The molecule has 2 fully saturated rings. The lowest BCUT2D eigenvalue weighted by Gasteiger charge is -2.37. The monoisotopic (exact) mass is 306 g/mol. The molecule has 2 saturated heterocycles. The van der Waals surface area contributed by atoms with E-state index >= 15 is 0 Å². The fraction of sp³-hybridized carbons (Fsp3) is 0.588. The van der Waals surface area contributed by atoms with Gasteiger partial charge in [-0.1, -0.05) is 13.8 Å². The highest BCUT2D eigenvalue weighted by molar-refractivity contribution is 5.89. The summed E-state index contributed by atoms with van der Waals surface area (Å²) in [5, 5.41) is 0. The molecule has 1 aromatic rings. The first kappa shape index (κ1) is 15.3. The third-order valence-electron chi connectivity index (χ3n) is 4.03. The van der Waals surface area contributed by atoms with Crippen molar-refractivity contribution in [1.82, 2.24) is 0 Å². The normalized spacial score (nSPS) is 21.4. The number of ether oxygens (including phenoxy) is 4. The number of rotatable bonds is 6. The van der Waals surface area contributed by atoms with Crippen LogP contribution >= 0.6 is 0 Å². The van der Waals surface area contributed by atoms with Crippen LogP contribution in [0, 0.1) is 10.8 Å². The lowest BCUT2D eigenvalue weighted by Crippen LogP contribution is -2.44. The molecule has 2 aliphatic heterocycles. The van der Waals surface area contributed by atoms with Gasteiger partial charge in [0.25, 0.3) is 0 Å². The van der Waals surface area contributed by atoms with Crippen LogP contribution in [0.4, 0.5) is 0 Å². The predicted octanol–water partition coefficient (Wildman–Crippen LogP) is 2.30. The summed E-state index contributed by atoms with van der Waals surface area (Å²) in [7, 11) is 0. The van der Waals surface area contributed by atoms with E-state index in [0.717, 1.165) is 19.0 Å². The molecule has 22 heavy (non-hydrogen) atoms. The molecule has 2 aliphatic rings. The van der Waals surface area contributed by atoms with E-state index in [9.17, 15) is 4.79 Å². The van der Waals surface area contributed by atoms with Crippen molar-refractivity contribution in [1.29, 1.82) is 0 Å². The lowest BCUT2D eigenvalue weighted by molar-refractivity contribution is -0.127. The number of esters is 1. The summed E-state index contributed by atoms with van der Waals surface area (Å²) in [6.45, 7) is 7.96. The van der Waals surface area contributed by atoms with Gasteiger partial charge in [-0.05, 0) is 24.3 Å². The molecule has 2 heterocycles. The molecule has 0 atom stereocenters. The SMILES string of the molecule is CC1(COC(=O)c2ccc(OCC3(C)COC3)cc2)COC1. The van der Waals surface area contributed by atoms with Gasteiger partial charge in [-0.3, -0.25) is 0 Å². The summed E-state index contributed by atoms with van der Waals surface area (Å²) in [6.07, 6.45) is 0. The van der Waals surface area contributed by atoms with Crippen molar-refractivity contribution < 1.29 is 23.7 Å². The van der Waals surface area contributed by atoms with E-state index in [0.29, 0.717) is 32.0 Å². The van der Waals surface area contributed by atoms with Crippen molar-refractivity contribution >= 4 is 5.97 Å². The standard InChI is InChI=1S/C17H22O5/c1-16(7-19-8-16)11-21-14-5-3-13(4-6-14)15(18)22-12-17(2)9-20-10-17/h3-6H,7-12H2,1-2H3. The molecular formula is C17H22O5. The first-order valence-corrected chi connectivity index (χ1v) is 7.54. The van der Waals surface area contributed by atoms with Gasteiger partial charge in [-0.2, -0.15) is 0 Å². The van der Waals surface area contributed by atoms with Crippen molar-refractivity contribution in [2.24, 2.45) is 10.8 Å². The Balaban J connectivity index is 1.48. The molecule has 120 valence electrons. The summed E-state index contributed by atoms with van der Waals surface area (Å²) in [5.41, 5.74) is 0.617. The largest absolute Gasteiger partial charge is 0.493 e. The van der Waals surface area contributed by atoms with Crippen LogP contribution in [-0.4, -0.2) is 45.6 Å². The second-order valence-electron chi connectivity index (χ2n) is 7.00. The van der Waals surface area contributed by atoms with Gasteiger partial charge in [-0.15, -0.1) is 0 Å². The Labute approximate surface area is 130 Å². The zero-order valence-electron chi connectivity index (χ0n) is 13.1. The zero-order valence-corrected chi connectivity index (χ0v) is 13.1. The van der Waals surface area contributed by atoms with Crippen molar-refractivity contribution in [2.45, 2.75) is 13.8 Å². The first-order valence-electron chi connectivity index (χ1n) is 7.54. The summed E-state index contributed by atoms with van der Waals surface area (Å²) in [4.78, 5) is 12.0. The van der Waals surface area contributed by atoms with Crippen LogP contribution in [0.5, 0.6) is 5.75 Å². The van der Waals surface area contributed by atoms with Gasteiger partial charge in [0.15, 0.2) is 0 Å². The Kier molecular flexibility index (Phi) is 4.10. The third kappa shape index (κ3) is 3.42. The van der Waals surface area contributed by atoms with Crippen LogP contribution in [0.1, 0.15) is 24.2 Å². The minimum absolute atomic E-state index is 0.0288. The smallest absolute Gasteiger partial charge is 0.338 e. The molecular weight excluding hydrogens is 284 g/mol. The third-order valence-corrected chi connectivity index (χ3v) is 4.03. The minimum atomic E-state index is -0.306. The molecule has 0 N–H and O–H groups in total. The highest BCUT2D eigenvalue weighted by Gasteiger charge is 2.35. The van der Waals surface area contributed by atoms with Crippen LogP contribution in [0.25, 0.3) is 0 Å². The van der Waals surface area contributed by atoms with Crippen LogP contribution in [0.2, 0.25) is 0 Å². The number of benzene rings is 1. The van der Waals surface area contributed by atoms with Gasteiger partial charge in [0.1, 0.15) is 12.4 Å². The van der Waals surface area contributed by atoms with E-state index in [-0.39, 0.29) is 16.8 Å². The molecule has 0 aliphatic carbocycles. The van der Waals surface area contributed by atoms with Gasteiger partial charge < -0.3 is 18.9 Å². The van der Waals surface area contributed by atoms with E-state index in [1.165, 1.54) is 0 Å². The van der Waals surface area contributed by atoms with Gasteiger partial charge in [0.2, 0.25) is 0 Å². The van der Waals surface area contributed by atoms with Crippen molar-refractivity contribution in [3.8, 4) is 5.75 Å². The topological polar surface area (TPSA) is 54.0 Å². The number of carbonyl (C=O) groups is 1. The molecule has 0 aromatic heterocycles. The van der Waals surface area contributed by atoms with Crippen molar-refractivity contribution in [3.05, 3.63) is 29.8 Å². The Morgan fingerprint density at radius 3 is 2.05 bits per heavy atom. The number of carbonyl (C=O) groups excluding carboxylic acids is 1. The average molecular weight is 306 g/mol. The van der Waals surface area contributed by atoms with E-state index in [1.54, 1.807) is 24.3 Å². The fourth-order valence-electron chi connectivity index (χ4n) is 2.34. The predicted molar refractivity (Wildman–Crippen MR) is 80.1 cm³/mol. The van der Waals surface area contributed by atoms with Gasteiger partial charge in [0, 0.05) is 10.8 Å². The summed E-state index contributed by atoms with van der Waals surface area (Å²) < 4.78 is 21.4. The quantitative estimate of drug-likeness (QED) is 0.755. The van der Waals surface area contributed by atoms with Crippen LogP contribution in [-0.2, 0) is 14.2 Å². The average Bonchev–Trinajstić information content (AvgIpc) is 2.47. The van der Waals surface area contributed by atoms with Crippen LogP contribution in [0.15, 0.2) is 24.3 Å². The Morgan fingerprint density at radius 2 is 1.55 bits per heavy atom. The second kappa shape index (κ2) is 5.89. The molecule has 0 saturated carbocycles. The number of hydrogen-bond donors (Lipinski definition) is 0. The van der Waals surface area contributed by atoms with Gasteiger partial charge in [0.05, 0.1) is 38.6 Å². The summed E-state index contributed by atoms with van der Waals surface area (Å²) in [6, 6.07) is 7.06. The molecule has 0 amide bonds. The summed E-state index contributed by atoms with van der Waals surface area (Å²) in [5.74, 6) is 0.447. The Bertz CT molecular complexity index is 528. The lowest BCUT2D eigenvalue weighted by atomic mass is 9.90. The molecule has 0 radical (unpaired) electrons. The van der Waals surface area contributed by atoms with E-state index < -0.39 is 0 Å². The first-order chi connectivity index (χ1) is 10.5.